The van der Waals surface area contributed by atoms with Crippen LogP contribution >= 0.6 is 11.8 Å². The molecule has 264 valence electrons. The topological polar surface area (TPSA) is 99.7 Å². The number of allylic oxidation sites excluding steroid dienone is 4. The second-order valence-electron chi connectivity index (χ2n) is 16.3. The maximum absolute atomic E-state index is 12.4. The molecular weight excluding hydrogens is 607 g/mol. The van der Waals surface area contributed by atoms with Crippen LogP contribution in [-0.4, -0.2) is 58.6 Å². The Kier molecular flexibility index (Phi) is 12.7. The van der Waals surface area contributed by atoms with Gasteiger partial charge in [0.05, 0.1) is 23.1 Å². The first kappa shape index (κ1) is 36.5. The number of hydrogen-bond donors (Lipinski definition) is 4. The summed E-state index contributed by atoms with van der Waals surface area (Å²) in [5.41, 5.74) is 4.10. The predicted molar refractivity (Wildman–Crippen MR) is 193 cm³/mol. The van der Waals surface area contributed by atoms with E-state index in [2.05, 4.69) is 48.5 Å². The van der Waals surface area contributed by atoms with E-state index in [1.165, 1.54) is 49.7 Å². The van der Waals surface area contributed by atoms with Gasteiger partial charge in [-0.25, -0.2) is 4.79 Å². The molecule has 0 spiro atoms. The van der Waals surface area contributed by atoms with Crippen LogP contribution in [-0.2, 0) is 9.53 Å². The standard InChI is InChI=1S/C39H63N3O4S/c1-26-14-17-30(46-23-9-22-40-35(43)13-6-12-31-25-34-36(47-31)42-37(44)41-34)24-29(26)16-15-28-11-8-21-39(5)32(18-19-33(28)39)27(2)10-7-20-38(3,4)45/h15-16,27,30-34,36,45H,1,6-14,17-25H2,2-5H3,(H,40,43)(H2,41,42,44)/t27-,30+,31?,32?,33?,34-,36+,39-/m1/s1. The Bertz CT molecular complexity index is 1160. The van der Waals surface area contributed by atoms with Crippen LogP contribution in [0.4, 0.5) is 4.79 Å². The third kappa shape index (κ3) is 9.91. The zero-order chi connectivity index (χ0) is 33.6. The van der Waals surface area contributed by atoms with E-state index >= 15 is 0 Å². The van der Waals surface area contributed by atoms with E-state index in [0.29, 0.717) is 42.1 Å². The predicted octanol–water partition coefficient (Wildman–Crippen LogP) is 7.95. The molecule has 3 saturated carbocycles. The summed E-state index contributed by atoms with van der Waals surface area (Å²) in [4.78, 5) is 23.8. The van der Waals surface area contributed by atoms with Gasteiger partial charge in [-0.2, -0.15) is 0 Å². The minimum atomic E-state index is -0.558. The third-order valence-corrected chi connectivity index (χ3v) is 13.6. The highest BCUT2D eigenvalue weighted by Crippen LogP contribution is 2.60. The quantitative estimate of drug-likeness (QED) is 0.133. The molecule has 4 N–H and O–H groups in total. The zero-order valence-corrected chi connectivity index (χ0v) is 30.5. The zero-order valence-electron chi connectivity index (χ0n) is 29.7. The summed E-state index contributed by atoms with van der Waals surface area (Å²) in [7, 11) is 0. The minimum Gasteiger partial charge on any atom is -0.390 e. The maximum atomic E-state index is 12.4. The maximum Gasteiger partial charge on any atom is 0.316 e. The Morgan fingerprint density at radius 2 is 2.02 bits per heavy atom. The first-order chi connectivity index (χ1) is 22.4. The van der Waals surface area contributed by atoms with E-state index in [9.17, 15) is 14.7 Å². The van der Waals surface area contributed by atoms with Crippen molar-refractivity contribution >= 4 is 23.7 Å². The molecule has 2 aliphatic heterocycles. The van der Waals surface area contributed by atoms with Gasteiger partial charge in [0, 0.05) is 24.8 Å². The fourth-order valence-corrected chi connectivity index (χ4v) is 11.1. The van der Waals surface area contributed by atoms with Crippen molar-refractivity contribution in [3.63, 3.8) is 0 Å². The Labute approximate surface area is 289 Å². The summed E-state index contributed by atoms with van der Waals surface area (Å²) in [6.07, 6.45) is 22.0. The van der Waals surface area contributed by atoms with E-state index in [-0.39, 0.29) is 29.5 Å². The number of thioether (sulfide) groups is 1. The number of amides is 3. The van der Waals surface area contributed by atoms with Gasteiger partial charge >= 0.3 is 6.03 Å². The average Bonchev–Trinajstić information content (AvgIpc) is 3.66. The van der Waals surface area contributed by atoms with Crippen molar-refractivity contribution < 1.29 is 19.4 Å². The van der Waals surface area contributed by atoms with Crippen molar-refractivity contribution in [2.45, 2.75) is 159 Å². The van der Waals surface area contributed by atoms with E-state index in [1.807, 2.05) is 25.6 Å². The van der Waals surface area contributed by atoms with Gasteiger partial charge in [0.15, 0.2) is 0 Å². The molecule has 5 fully saturated rings. The molecule has 2 heterocycles. The smallest absolute Gasteiger partial charge is 0.316 e. The van der Waals surface area contributed by atoms with Gasteiger partial charge in [0.1, 0.15) is 0 Å². The lowest BCUT2D eigenvalue weighted by molar-refractivity contribution is -0.121. The number of nitrogens with one attached hydrogen (secondary N) is 3. The monoisotopic (exact) mass is 669 g/mol. The lowest BCUT2D eigenvalue weighted by Gasteiger charge is -2.44. The van der Waals surface area contributed by atoms with Crippen molar-refractivity contribution in [2.24, 2.45) is 23.2 Å². The lowest BCUT2D eigenvalue weighted by Crippen LogP contribution is -2.36. The molecule has 3 aliphatic carbocycles. The van der Waals surface area contributed by atoms with Crippen LogP contribution in [0.1, 0.15) is 130 Å². The van der Waals surface area contributed by atoms with Crippen LogP contribution in [0.25, 0.3) is 0 Å². The molecular formula is C39H63N3O4S. The first-order valence-corrected chi connectivity index (χ1v) is 19.8. The highest BCUT2D eigenvalue weighted by molar-refractivity contribution is 8.00. The largest absolute Gasteiger partial charge is 0.390 e. The van der Waals surface area contributed by atoms with Crippen molar-refractivity contribution in [1.82, 2.24) is 16.0 Å². The highest BCUT2D eigenvalue weighted by Gasteiger charge is 2.50. The summed E-state index contributed by atoms with van der Waals surface area (Å²) in [5, 5.41) is 19.9. The molecule has 3 amide bonds. The van der Waals surface area contributed by atoms with Gasteiger partial charge < -0.3 is 25.8 Å². The lowest BCUT2D eigenvalue weighted by atomic mass is 9.60. The molecule has 0 aromatic heterocycles. The second-order valence-corrected chi connectivity index (χ2v) is 17.7. The Balaban J connectivity index is 1.00. The van der Waals surface area contributed by atoms with Gasteiger partial charge in [-0.15, -0.1) is 11.8 Å². The van der Waals surface area contributed by atoms with Crippen molar-refractivity contribution in [1.29, 1.82) is 0 Å². The number of aliphatic hydroxyl groups is 1. The van der Waals surface area contributed by atoms with Crippen LogP contribution < -0.4 is 16.0 Å². The molecule has 0 aromatic rings. The van der Waals surface area contributed by atoms with Crippen LogP contribution in [0.5, 0.6) is 0 Å². The van der Waals surface area contributed by atoms with Gasteiger partial charge in [-0.05, 0) is 126 Å². The van der Waals surface area contributed by atoms with Gasteiger partial charge in [0.2, 0.25) is 5.91 Å². The molecule has 3 unspecified atom stereocenters. The number of rotatable bonds is 15. The van der Waals surface area contributed by atoms with Crippen molar-refractivity contribution in [3.05, 3.63) is 35.5 Å². The van der Waals surface area contributed by atoms with Crippen LogP contribution in [0, 0.1) is 23.2 Å². The van der Waals surface area contributed by atoms with Crippen LogP contribution in [0.15, 0.2) is 35.5 Å². The number of urea groups is 1. The molecule has 0 aromatic carbocycles. The number of ether oxygens (including phenoxy) is 1. The molecule has 0 radical (unpaired) electrons. The van der Waals surface area contributed by atoms with E-state index in [1.54, 1.807) is 5.57 Å². The van der Waals surface area contributed by atoms with Crippen LogP contribution in [0.2, 0.25) is 0 Å². The third-order valence-electron chi connectivity index (χ3n) is 12.1. The molecule has 47 heavy (non-hydrogen) atoms. The molecule has 8 heteroatoms. The van der Waals surface area contributed by atoms with E-state index in [4.69, 9.17) is 4.74 Å². The number of fused-ring (bicyclic) bond motifs is 2. The number of carbonyl (C=O) groups excluding carboxylic acids is 2. The number of carbonyl (C=O) groups is 2. The fourth-order valence-electron chi connectivity index (χ4n) is 9.48. The SMILES string of the molecule is C=C1CC[C@H](OCCCNC(=O)CCCC2C[C@H]3NC(=O)N[C@H]3S2)CC1=CC=C1CCC[C@@]2(C)C1CCC2[C@H](C)CCCC(C)(C)O. The summed E-state index contributed by atoms with van der Waals surface area (Å²) < 4.78 is 6.30. The van der Waals surface area contributed by atoms with Gasteiger partial charge in [0.25, 0.3) is 0 Å². The molecule has 5 aliphatic rings. The molecule has 8 atom stereocenters. The van der Waals surface area contributed by atoms with E-state index in [0.717, 1.165) is 63.7 Å². The first-order valence-electron chi connectivity index (χ1n) is 18.8. The Morgan fingerprint density at radius 3 is 2.81 bits per heavy atom. The molecule has 0 bridgehead atoms. The van der Waals surface area contributed by atoms with Crippen molar-refractivity contribution in [2.75, 3.05) is 13.2 Å². The van der Waals surface area contributed by atoms with Crippen LogP contribution in [0.3, 0.4) is 0 Å². The average molecular weight is 670 g/mol. The van der Waals surface area contributed by atoms with Gasteiger partial charge in [-0.3, -0.25) is 4.79 Å². The summed E-state index contributed by atoms with van der Waals surface area (Å²) in [5.74, 6) is 2.30. The number of hydrogen-bond acceptors (Lipinski definition) is 5. The van der Waals surface area contributed by atoms with E-state index < -0.39 is 5.60 Å². The van der Waals surface area contributed by atoms with Gasteiger partial charge in [-0.1, -0.05) is 56.6 Å². The summed E-state index contributed by atoms with van der Waals surface area (Å²) in [6, 6.07) is 0.181. The van der Waals surface area contributed by atoms with Crippen molar-refractivity contribution in [3.8, 4) is 0 Å². The second kappa shape index (κ2) is 16.3. The molecule has 5 rings (SSSR count). The summed E-state index contributed by atoms with van der Waals surface area (Å²) in [6.45, 7) is 14.6. The highest BCUT2D eigenvalue weighted by atomic mass is 32.2. The molecule has 7 nitrogen and oxygen atoms in total. The fraction of sp³-hybridized carbons (Fsp3) is 0.795. The minimum absolute atomic E-state index is 0.0564. The summed E-state index contributed by atoms with van der Waals surface area (Å²) >= 11 is 1.83. The Hall–Kier alpha value is -1.77. The Morgan fingerprint density at radius 1 is 1.19 bits per heavy atom. The molecule has 2 saturated heterocycles. The normalized spacial score (nSPS) is 34.7.